The minimum Gasteiger partial charge on any atom is -0.368 e. The fraction of sp³-hybridized carbons (Fsp3) is 0.185. The topological polar surface area (TPSA) is 75.7 Å². The zero-order valence-corrected chi connectivity index (χ0v) is 20.3. The number of benzene rings is 3. The van der Waals surface area contributed by atoms with E-state index in [4.69, 9.17) is 0 Å². The second-order valence-electron chi connectivity index (χ2n) is 8.60. The summed E-state index contributed by atoms with van der Waals surface area (Å²) in [6.07, 6.45) is 0. The van der Waals surface area contributed by atoms with Gasteiger partial charge in [-0.25, -0.2) is 4.57 Å². The predicted molar refractivity (Wildman–Crippen MR) is 142 cm³/mol. The molecule has 0 aliphatic carbocycles. The molecule has 0 atom stereocenters. The molecule has 1 aliphatic heterocycles. The van der Waals surface area contributed by atoms with Crippen molar-refractivity contribution in [3.05, 3.63) is 95.3 Å². The number of fused-ring (bicyclic) bond motifs is 3. The molecule has 1 aliphatic rings. The van der Waals surface area contributed by atoms with E-state index in [1.807, 2.05) is 82.1 Å². The maximum absolute atomic E-state index is 13.4. The average molecular weight is 497 g/mol. The van der Waals surface area contributed by atoms with Crippen molar-refractivity contribution in [2.24, 2.45) is 0 Å². The van der Waals surface area contributed by atoms with Gasteiger partial charge in [0.15, 0.2) is 5.16 Å². The van der Waals surface area contributed by atoms with Crippen molar-refractivity contribution in [3.63, 3.8) is 0 Å². The van der Waals surface area contributed by atoms with Crippen LogP contribution in [0.25, 0.3) is 22.4 Å². The molecule has 0 radical (unpaired) electrons. The first-order valence-electron chi connectivity index (χ1n) is 11.9. The van der Waals surface area contributed by atoms with Crippen molar-refractivity contribution in [3.8, 4) is 5.69 Å². The maximum Gasteiger partial charge on any atom is 0.267 e. The number of amides is 1. The number of hydrogen-bond donors (Lipinski definition) is 0. The second-order valence-corrected chi connectivity index (χ2v) is 9.55. The van der Waals surface area contributed by atoms with Gasteiger partial charge < -0.3 is 9.80 Å². The van der Waals surface area contributed by atoms with Crippen LogP contribution in [0.15, 0.2) is 94.9 Å². The quantitative estimate of drug-likeness (QED) is 0.347. The average Bonchev–Trinajstić information content (AvgIpc) is 3.37. The Balaban J connectivity index is 1.26. The van der Waals surface area contributed by atoms with E-state index in [0.29, 0.717) is 29.4 Å². The molecule has 2 aromatic heterocycles. The van der Waals surface area contributed by atoms with Gasteiger partial charge in [0.05, 0.1) is 22.3 Å². The lowest BCUT2D eigenvalue weighted by Gasteiger charge is -2.36. The summed E-state index contributed by atoms with van der Waals surface area (Å²) in [6.45, 7) is 2.99. The summed E-state index contributed by atoms with van der Waals surface area (Å²) in [6, 6.07) is 27.1. The number of nitrogens with zero attached hydrogens (tertiary/aromatic N) is 6. The second kappa shape index (κ2) is 9.50. The molecule has 1 amide bonds. The third-order valence-electron chi connectivity index (χ3n) is 6.49. The highest BCUT2D eigenvalue weighted by molar-refractivity contribution is 7.99. The van der Waals surface area contributed by atoms with Gasteiger partial charge in [-0.2, -0.15) is 0 Å². The number of rotatable bonds is 5. The number of anilines is 1. The minimum absolute atomic E-state index is 0.0742. The third-order valence-corrected chi connectivity index (χ3v) is 7.40. The largest absolute Gasteiger partial charge is 0.368 e. The number of aromatic nitrogens is 4. The highest BCUT2D eigenvalue weighted by atomic mass is 32.2. The van der Waals surface area contributed by atoms with Crippen molar-refractivity contribution in [2.45, 2.75) is 5.16 Å². The number of carbonyl (C=O) groups is 1. The summed E-state index contributed by atoms with van der Waals surface area (Å²) < 4.78 is 3.44. The van der Waals surface area contributed by atoms with Gasteiger partial charge in [0.25, 0.3) is 5.56 Å². The van der Waals surface area contributed by atoms with Crippen LogP contribution in [0.5, 0.6) is 0 Å². The zero-order valence-electron chi connectivity index (χ0n) is 19.5. The third kappa shape index (κ3) is 4.01. The first kappa shape index (κ1) is 22.4. The molecule has 3 heterocycles. The first-order chi connectivity index (χ1) is 17.7. The zero-order chi connectivity index (χ0) is 24.5. The minimum atomic E-state index is -0.152. The number of carbonyl (C=O) groups excluding carboxylic acids is 1. The summed E-state index contributed by atoms with van der Waals surface area (Å²) in [7, 11) is 0. The van der Waals surface area contributed by atoms with Crippen molar-refractivity contribution >= 4 is 40.0 Å². The van der Waals surface area contributed by atoms with Crippen molar-refractivity contribution in [2.75, 3.05) is 36.8 Å². The van der Waals surface area contributed by atoms with Gasteiger partial charge >= 0.3 is 0 Å². The molecule has 0 N–H and O–H groups in total. The molecule has 0 unspecified atom stereocenters. The van der Waals surface area contributed by atoms with Gasteiger partial charge in [0, 0.05) is 31.9 Å². The standard InChI is InChI=1S/C27H24N6O2S/c34-24(31-17-15-30(16-18-31)20-9-3-1-4-10-20)19-36-27-29-28-26-32(21-11-5-2-6-12-21)25(35)22-13-7-8-14-23(22)33(26)27/h1-14H,15-19H2. The Labute approximate surface area is 211 Å². The van der Waals surface area contributed by atoms with E-state index < -0.39 is 0 Å². The molecule has 1 fully saturated rings. The van der Waals surface area contributed by atoms with E-state index in [9.17, 15) is 9.59 Å². The van der Waals surface area contributed by atoms with Gasteiger partial charge in [-0.1, -0.05) is 60.3 Å². The van der Waals surface area contributed by atoms with E-state index in [-0.39, 0.29) is 17.2 Å². The smallest absolute Gasteiger partial charge is 0.267 e. The van der Waals surface area contributed by atoms with Crippen molar-refractivity contribution < 1.29 is 4.79 Å². The van der Waals surface area contributed by atoms with Gasteiger partial charge in [0.1, 0.15) is 0 Å². The number of hydrogen-bond acceptors (Lipinski definition) is 6. The number of piperazine rings is 1. The summed E-state index contributed by atoms with van der Waals surface area (Å²) in [5, 5.41) is 9.90. The van der Waals surface area contributed by atoms with Gasteiger partial charge in [-0.3, -0.25) is 14.0 Å². The molecule has 3 aromatic carbocycles. The lowest BCUT2D eigenvalue weighted by Crippen LogP contribution is -2.49. The molecule has 180 valence electrons. The van der Waals surface area contributed by atoms with Crippen LogP contribution in [0.3, 0.4) is 0 Å². The van der Waals surface area contributed by atoms with E-state index >= 15 is 0 Å². The van der Waals surface area contributed by atoms with Crippen LogP contribution in [-0.4, -0.2) is 61.9 Å². The van der Waals surface area contributed by atoms with Crippen molar-refractivity contribution in [1.82, 2.24) is 24.1 Å². The molecular weight excluding hydrogens is 472 g/mol. The van der Waals surface area contributed by atoms with E-state index in [2.05, 4.69) is 27.2 Å². The lowest BCUT2D eigenvalue weighted by molar-refractivity contribution is -0.128. The van der Waals surface area contributed by atoms with Crippen LogP contribution in [0.2, 0.25) is 0 Å². The molecule has 5 aromatic rings. The predicted octanol–water partition coefficient (Wildman–Crippen LogP) is 3.47. The fourth-order valence-electron chi connectivity index (χ4n) is 4.65. The monoisotopic (exact) mass is 496 g/mol. The first-order valence-corrected chi connectivity index (χ1v) is 12.8. The molecule has 8 nitrogen and oxygen atoms in total. The SMILES string of the molecule is O=C(CSc1nnc2n(-c3ccccc3)c(=O)c3ccccc3n12)N1CCN(c2ccccc2)CC1. The molecule has 0 bridgehead atoms. The maximum atomic E-state index is 13.4. The highest BCUT2D eigenvalue weighted by Gasteiger charge is 2.23. The summed E-state index contributed by atoms with van der Waals surface area (Å²) in [5.41, 5.74) is 2.47. The molecule has 0 spiro atoms. The van der Waals surface area contributed by atoms with Crippen LogP contribution in [0.4, 0.5) is 5.69 Å². The Hall–Kier alpha value is -4.11. The molecular formula is C27H24N6O2S. The van der Waals surface area contributed by atoms with Crippen LogP contribution < -0.4 is 10.5 Å². The Bertz CT molecular complexity index is 1590. The molecule has 36 heavy (non-hydrogen) atoms. The summed E-state index contributed by atoms with van der Waals surface area (Å²) >= 11 is 1.35. The van der Waals surface area contributed by atoms with E-state index in [1.54, 1.807) is 4.57 Å². The van der Waals surface area contributed by atoms with Gasteiger partial charge in [-0.05, 0) is 36.4 Å². The fourth-order valence-corrected chi connectivity index (χ4v) is 5.50. The van der Waals surface area contributed by atoms with Crippen molar-refractivity contribution in [1.29, 1.82) is 0 Å². The number of para-hydroxylation sites is 3. The summed E-state index contributed by atoms with van der Waals surface area (Å²) in [4.78, 5) is 30.6. The Morgan fingerprint density at radius 3 is 2.14 bits per heavy atom. The van der Waals surface area contributed by atoms with Gasteiger partial charge in [0.2, 0.25) is 11.7 Å². The Kier molecular flexibility index (Phi) is 5.90. The van der Waals surface area contributed by atoms with Gasteiger partial charge in [-0.15, -0.1) is 10.2 Å². The Morgan fingerprint density at radius 2 is 1.42 bits per heavy atom. The van der Waals surface area contributed by atoms with Crippen LogP contribution in [0, 0.1) is 0 Å². The molecule has 6 rings (SSSR count). The highest BCUT2D eigenvalue weighted by Crippen LogP contribution is 2.24. The molecule has 0 saturated carbocycles. The number of thioether (sulfide) groups is 1. The van der Waals surface area contributed by atoms with Crippen LogP contribution in [-0.2, 0) is 4.79 Å². The molecule has 1 saturated heterocycles. The van der Waals surface area contributed by atoms with Crippen LogP contribution >= 0.6 is 11.8 Å². The lowest BCUT2D eigenvalue weighted by atomic mass is 10.2. The molecule has 9 heteroatoms. The van der Waals surface area contributed by atoms with Crippen LogP contribution in [0.1, 0.15) is 0 Å². The van der Waals surface area contributed by atoms with E-state index in [0.717, 1.165) is 24.3 Å². The van der Waals surface area contributed by atoms with E-state index in [1.165, 1.54) is 17.4 Å². The normalized spacial score (nSPS) is 14.0. The Morgan fingerprint density at radius 1 is 0.778 bits per heavy atom. The summed E-state index contributed by atoms with van der Waals surface area (Å²) in [5.74, 6) is 0.756.